The van der Waals surface area contributed by atoms with E-state index in [0.29, 0.717) is 6.54 Å². The summed E-state index contributed by atoms with van der Waals surface area (Å²) in [4.78, 5) is 14.6. The maximum absolute atomic E-state index is 12.3. The number of nitrogens with one attached hydrogen (secondary N) is 1. The number of benzene rings is 1. The molecule has 1 aromatic rings. The largest absolute Gasteiger partial charge is 0.396 e. The SMILES string of the molecule is CC(C(=O)NCCCC(C)(C)CO)N1CCc2ccccc2C1. The van der Waals surface area contributed by atoms with Crippen LogP contribution in [0.1, 0.15) is 44.7 Å². The van der Waals surface area contributed by atoms with Gasteiger partial charge in [0.05, 0.1) is 6.04 Å². The van der Waals surface area contributed by atoms with Crippen LogP contribution < -0.4 is 5.32 Å². The highest BCUT2D eigenvalue weighted by Gasteiger charge is 2.25. The number of aliphatic hydroxyl groups is 1. The molecule has 0 saturated carbocycles. The van der Waals surface area contributed by atoms with Gasteiger partial charge in [0.2, 0.25) is 5.91 Å². The predicted molar refractivity (Wildman–Crippen MR) is 93.1 cm³/mol. The van der Waals surface area contributed by atoms with E-state index < -0.39 is 0 Å². The second-order valence-electron chi connectivity index (χ2n) is 7.38. The summed E-state index contributed by atoms with van der Waals surface area (Å²) in [6.45, 7) is 8.72. The van der Waals surface area contributed by atoms with Crippen molar-refractivity contribution in [3.63, 3.8) is 0 Å². The maximum Gasteiger partial charge on any atom is 0.237 e. The summed E-state index contributed by atoms with van der Waals surface area (Å²) in [5.74, 6) is 0.103. The van der Waals surface area contributed by atoms with Crippen molar-refractivity contribution >= 4 is 5.91 Å². The highest BCUT2D eigenvalue weighted by molar-refractivity contribution is 5.81. The minimum atomic E-state index is -0.103. The molecule has 0 aliphatic carbocycles. The van der Waals surface area contributed by atoms with E-state index in [1.54, 1.807) is 0 Å². The van der Waals surface area contributed by atoms with Crippen LogP contribution in [0.5, 0.6) is 0 Å². The van der Waals surface area contributed by atoms with E-state index in [1.165, 1.54) is 11.1 Å². The number of hydrogen-bond donors (Lipinski definition) is 2. The van der Waals surface area contributed by atoms with Crippen molar-refractivity contribution in [3.8, 4) is 0 Å². The van der Waals surface area contributed by atoms with Crippen molar-refractivity contribution in [2.24, 2.45) is 5.41 Å². The zero-order valence-electron chi connectivity index (χ0n) is 14.6. The van der Waals surface area contributed by atoms with E-state index in [4.69, 9.17) is 0 Å². The third-order valence-corrected chi connectivity index (χ3v) is 4.84. The molecule has 0 spiro atoms. The highest BCUT2D eigenvalue weighted by Crippen LogP contribution is 2.21. The molecule has 0 aromatic heterocycles. The summed E-state index contributed by atoms with van der Waals surface area (Å²) in [5.41, 5.74) is 2.68. The molecule has 2 N–H and O–H groups in total. The molecule has 0 bridgehead atoms. The quantitative estimate of drug-likeness (QED) is 0.759. The van der Waals surface area contributed by atoms with E-state index in [2.05, 4.69) is 34.5 Å². The smallest absolute Gasteiger partial charge is 0.237 e. The molecule has 0 fully saturated rings. The first-order valence-electron chi connectivity index (χ1n) is 8.62. The van der Waals surface area contributed by atoms with Crippen LogP contribution >= 0.6 is 0 Å². The zero-order chi connectivity index (χ0) is 16.9. The summed E-state index contributed by atoms with van der Waals surface area (Å²) < 4.78 is 0. The fourth-order valence-electron chi connectivity index (χ4n) is 3.02. The first kappa shape index (κ1) is 18.0. The van der Waals surface area contributed by atoms with E-state index >= 15 is 0 Å². The summed E-state index contributed by atoms with van der Waals surface area (Å²) in [7, 11) is 0. The van der Waals surface area contributed by atoms with Gasteiger partial charge in [0.15, 0.2) is 0 Å². The third kappa shape index (κ3) is 5.05. The molecule has 128 valence electrons. The second-order valence-corrected chi connectivity index (χ2v) is 7.38. The fourth-order valence-corrected chi connectivity index (χ4v) is 3.02. The Hall–Kier alpha value is -1.39. The van der Waals surface area contributed by atoms with Crippen LogP contribution in [-0.2, 0) is 17.8 Å². The standard InChI is InChI=1S/C19H30N2O2/c1-15(18(23)20-11-6-10-19(2,3)14-22)21-12-9-16-7-4-5-8-17(16)13-21/h4-5,7-8,15,22H,6,9-14H2,1-3H3,(H,20,23). The lowest BCUT2D eigenvalue weighted by Gasteiger charge is -2.33. The third-order valence-electron chi connectivity index (χ3n) is 4.84. The summed E-state index contributed by atoms with van der Waals surface area (Å²) >= 11 is 0. The van der Waals surface area contributed by atoms with Crippen LogP contribution in [0.3, 0.4) is 0 Å². The van der Waals surface area contributed by atoms with Gasteiger partial charge in [-0.2, -0.15) is 0 Å². The van der Waals surface area contributed by atoms with Crippen molar-refractivity contribution in [1.82, 2.24) is 10.2 Å². The molecule has 4 heteroatoms. The molecule has 4 nitrogen and oxygen atoms in total. The Kier molecular flexibility index (Phi) is 6.19. The molecule has 2 rings (SSSR count). The van der Waals surface area contributed by atoms with Crippen LogP contribution in [0.15, 0.2) is 24.3 Å². The van der Waals surface area contributed by atoms with Gasteiger partial charge in [-0.05, 0) is 42.7 Å². The summed E-state index contributed by atoms with van der Waals surface area (Å²) in [5, 5.41) is 12.3. The number of hydrogen-bond acceptors (Lipinski definition) is 3. The van der Waals surface area contributed by atoms with Crippen LogP contribution in [-0.4, -0.2) is 41.7 Å². The lowest BCUT2D eigenvalue weighted by molar-refractivity contribution is -0.126. The Bertz CT molecular complexity index is 528. The zero-order valence-corrected chi connectivity index (χ0v) is 14.6. The number of carbonyl (C=O) groups is 1. The van der Waals surface area contributed by atoms with E-state index in [0.717, 1.165) is 32.4 Å². The van der Waals surface area contributed by atoms with Gasteiger partial charge in [0, 0.05) is 26.2 Å². The van der Waals surface area contributed by atoms with Gasteiger partial charge in [-0.15, -0.1) is 0 Å². The predicted octanol–water partition coefficient (Wildman–Crippen LogP) is 2.35. The number of fused-ring (bicyclic) bond motifs is 1. The van der Waals surface area contributed by atoms with Gasteiger partial charge in [-0.3, -0.25) is 9.69 Å². The van der Waals surface area contributed by atoms with Gasteiger partial charge in [-0.1, -0.05) is 38.1 Å². The number of rotatable bonds is 7. The molecule has 1 amide bonds. The number of carbonyl (C=O) groups excluding carboxylic acids is 1. The summed E-state index contributed by atoms with van der Waals surface area (Å²) in [6.07, 6.45) is 2.82. The number of aliphatic hydroxyl groups excluding tert-OH is 1. The van der Waals surface area contributed by atoms with Crippen molar-refractivity contribution in [2.75, 3.05) is 19.7 Å². The molecule has 23 heavy (non-hydrogen) atoms. The topological polar surface area (TPSA) is 52.6 Å². The molecular weight excluding hydrogens is 288 g/mol. The minimum absolute atomic E-state index is 0.0626. The average molecular weight is 318 g/mol. The molecule has 1 atom stereocenters. The highest BCUT2D eigenvalue weighted by atomic mass is 16.3. The van der Waals surface area contributed by atoms with Crippen molar-refractivity contribution in [3.05, 3.63) is 35.4 Å². The molecule has 1 aliphatic heterocycles. The molecule has 1 unspecified atom stereocenters. The van der Waals surface area contributed by atoms with Crippen molar-refractivity contribution in [2.45, 2.75) is 52.6 Å². The van der Waals surface area contributed by atoms with Gasteiger partial charge >= 0.3 is 0 Å². The fraction of sp³-hybridized carbons (Fsp3) is 0.632. The lowest BCUT2D eigenvalue weighted by atomic mass is 9.89. The van der Waals surface area contributed by atoms with E-state index in [1.807, 2.05) is 20.8 Å². The molecule has 1 heterocycles. The van der Waals surface area contributed by atoms with Gasteiger partial charge in [0.25, 0.3) is 0 Å². The maximum atomic E-state index is 12.3. The van der Waals surface area contributed by atoms with E-state index in [9.17, 15) is 9.90 Å². The first-order valence-corrected chi connectivity index (χ1v) is 8.62. The minimum Gasteiger partial charge on any atom is -0.396 e. The second kappa shape index (κ2) is 7.93. The summed E-state index contributed by atoms with van der Waals surface area (Å²) in [6, 6.07) is 8.38. The Morgan fingerprint density at radius 2 is 2.04 bits per heavy atom. The number of nitrogens with zero attached hydrogens (tertiary/aromatic N) is 1. The monoisotopic (exact) mass is 318 g/mol. The molecule has 1 aliphatic rings. The van der Waals surface area contributed by atoms with Crippen LogP contribution in [0.4, 0.5) is 0 Å². The van der Waals surface area contributed by atoms with Crippen molar-refractivity contribution < 1.29 is 9.90 Å². The van der Waals surface area contributed by atoms with Crippen LogP contribution in [0.2, 0.25) is 0 Å². The lowest BCUT2D eigenvalue weighted by Crippen LogP contribution is -2.47. The Morgan fingerprint density at radius 1 is 1.35 bits per heavy atom. The normalized spacial score (nSPS) is 16.7. The Labute approximate surface area is 139 Å². The number of amides is 1. The Morgan fingerprint density at radius 3 is 2.74 bits per heavy atom. The van der Waals surface area contributed by atoms with Gasteiger partial charge < -0.3 is 10.4 Å². The van der Waals surface area contributed by atoms with Gasteiger partial charge in [-0.25, -0.2) is 0 Å². The first-order chi connectivity index (χ1) is 10.9. The molecule has 0 radical (unpaired) electrons. The molecule has 0 saturated heterocycles. The molecule has 1 aromatic carbocycles. The average Bonchev–Trinajstić information content (AvgIpc) is 2.57. The van der Waals surface area contributed by atoms with Gasteiger partial charge in [0.1, 0.15) is 0 Å². The molecular formula is C19H30N2O2. The van der Waals surface area contributed by atoms with Crippen molar-refractivity contribution in [1.29, 1.82) is 0 Å². The van der Waals surface area contributed by atoms with Crippen LogP contribution in [0.25, 0.3) is 0 Å². The van der Waals surface area contributed by atoms with E-state index in [-0.39, 0.29) is 24.0 Å². The van der Waals surface area contributed by atoms with Crippen LogP contribution in [0, 0.1) is 5.41 Å². The Balaban J connectivity index is 1.77.